The molecule has 2 aromatic rings. The lowest BCUT2D eigenvalue weighted by Gasteiger charge is -2.30. The van der Waals surface area contributed by atoms with Gasteiger partial charge in [0.05, 0.1) is 10.9 Å². The van der Waals surface area contributed by atoms with Crippen molar-refractivity contribution < 1.29 is 18.3 Å². The van der Waals surface area contributed by atoms with Crippen molar-refractivity contribution in [1.29, 1.82) is 0 Å². The Labute approximate surface area is 166 Å². The minimum absolute atomic E-state index is 0.0465. The van der Waals surface area contributed by atoms with Crippen LogP contribution >= 0.6 is 0 Å². The van der Waals surface area contributed by atoms with Gasteiger partial charge in [-0.1, -0.05) is 24.3 Å². The van der Waals surface area contributed by atoms with E-state index in [0.717, 1.165) is 29.4 Å². The lowest BCUT2D eigenvalue weighted by atomic mass is 10.1. The Kier molecular flexibility index (Phi) is 5.07. The maximum Gasteiger partial charge on any atom is 0.242 e. The summed E-state index contributed by atoms with van der Waals surface area (Å²) in [6.45, 7) is 2.12. The number of phenolic OH excluding ortho intramolecular Hbond substituents is 1. The van der Waals surface area contributed by atoms with E-state index in [-0.39, 0.29) is 22.8 Å². The number of sulfonamides is 1. The fraction of sp³-hybridized carbons (Fsp3) is 0.429. The van der Waals surface area contributed by atoms with E-state index in [9.17, 15) is 13.5 Å². The first-order valence-electron chi connectivity index (χ1n) is 9.62. The van der Waals surface area contributed by atoms with Gasteiger partial charge in [0, 0.05) is 20.2 Å². The summed E-state index contributed by atoms with van der Waals surface area (Å²) in [5.74, 6) is 0.149. The molecule has 0 amide bonds. The molecule has 1 saturated heterocycles. The molecule has 0 aromatic heterocycles. The van der Waals surface area contributed by atoms with Crippen molar-refractivity contribution in [1.82, 2.24) is 9.21 Å². The highest BCUT2D eigenvalue weighted by molar-refractivity contribution is 7.89. The first-order valence-corrected chi connectivity index (χ1v) is 11.1. The third-order valence-electron chi connectivity index (χ3n) is 5.71. The number of fused-ring (bicyclic) bond motifs is 1. The number of nitrogens with zero attached hydrogens (tertiary/aromatic N) is 2. The largest absolute Gasteiger partial charge is 0.504 e. The first-order chi connectivity index (χ1) is 13.4. The summed E-state index contributed by atoms with van der Waals surface area (Å²) in [7, 11) is -0.676. The molecule has 0 spiro atoms. The number of phenols is 1. The molecule has 1 aliphatic heterocycles. The Morgan fingerprint density at radius 1 is 1.11 bits per heavy atom. The fourth-order valence-electron chi connectivity index (χ4n) is 4.18. The summed E-state index contributed by atoms with van der Waals surface area (Å²) < 4.78 is 32.0. The summed E-state index contributed by atoms with van der Waals surface area (Å²) in [6, 6.07) is 12.8. The molecule has 2 unspecified atom stereocenters. The van der Waals surface area contributed by atoms with E-state index in [1.165, 1.54) is 44.6 Å². The van der Waals surface area contributed by atoms with Gasteiger partial charge >= 0.3 is 0 Å². The molecule has 28 heavy (non-hydrogen) atoms. The van der Waals surface area contributed by atoms with Crippen LogP contribution in [-0.2, 0) is 16.4 Å². The van der Waals surface area contributed by atoms with Crippen LogP contribution in [0.4, 0.5) is 0 Å². The minimum atomic E-state index is -3.61. The van der Waals surface area contributed by atoms with Crippen LogP contribution in [0, 0.1) is 0 Å². The van der Waals surface area contributed by atoms with Crippen LogP contribution < -0.4 is 4.74 Å². The Morgan fingerprint density at radius 2 is 1.82 bits per heavy atom. The van der Waals surface area contributed by atoms with Gasteiger partial charge in [0.15, 0.2) is 11.5 Å². The van der Waals surface area contributed by atoms with Gasteiger partial charge in [-0.05, 0) is 55.6 Å². The van der Waals surface area contributed by atoms with E-state index in [2.05, 4.69) is 17.0 Å². The molecule has 0 saturated carbocycles. The van der Waals surface area contributed by atoms with Gasteiger partial charge in [-0.15, -0.1) is 0 Å². The molecule has 1 heterocycles. The van der Waals surface area contributed by atoms with Crippen molar-refractivity contribution >= 4 is 10.0 Å². The predicted molar refractivity (Wildman–Crippen MR) is 107 cm³/mol. The molecule has 1 aliphatic carbocycles. The summed E-state index contributed by atoms with van der Waals surface area (Å²) in [4.78, 5) is 2.51. The zero-order valence-electron chi connectivity index (χ0n) is 16.2. The molecule has 1 N–H and O–H groups in total. The molecule has 0 bridgehead atoms. The second-order valence-electron chi connectivity index (χ2n) is 7.67. The molecule has 0 radical (unpaired) electrons. The Bertz CT molecular complexity index is 968. The zero-order chi connectivity index (χ0) is 19.9. The van der Waals surface area contributed by atoms with Gasteiger partial charge in [-0.3, -0.25) is 4.90 Å². The summed E-state index contributed by atoms with van der Waals surface area (Å²) in [5.41, 5.74) is 2.42. The second-order valence-corrected chi connectivity index (χ2v) is 9.82. The average molecular weight is 403 g/mol. The van der Waals surface area contributed by atoms with E-state index in [1.54, 1.807) is 6.07 Å². The molecule has 2 atom stereocenters. The number of benzene rings is 2. The van der Waals surface area contributed by atoms with Gasteiger partial charge in [-0.2, -0.15) is 0 Å². The number of hydrogen-bond donors (Lipinski definition) is 1. The smallest absolute Gasteiger partial charge is 0.242 e. The van der Waals surface area contributed by atoms with Crippen molar-refractivity contribution in [3.63, 3.8) is 0 Å². The highest BCUT2D eigenvalue weighted by Gasteiger charge is 2.39. The lowest BCUT2D eigenvalue weighted by molar-refractivity contribution is 0.0915. The van der Waals surface area contributed by atoms with Gasteiger partial charge in [0.2, 0.25) is 10.0 Å². The van der Waals surface area contributed by atoms with Gasteiger partial charge in [0.25, 0.3) is 0 Å². The fourth-order valence-corrected chi connectivity index (χ4v) is 5.10. The number of aromatic hydroxyl groups is 1. The van der Waals surface area contributed by atoms with Gasteiger partial charge < -0.3 is 9.84 Å². The van der Waals surface area contributed by atoms with Gasteiger partial charge in [0.1, 0.15) is 6.10 Å². The maximum atomic E-state index is 12.3. The minimum Gasteiger partial charge on any atom is -0.504 e. The van der Waals surface area contributed by atoms with E-state index < -0.39 is 10.0 Å². The van der Waals surface area contributed by atoms with Crippen molar-refractivity contribution in [3.05, 3.63) is 53.6 Å². The predicted octanol–water partition coefficient (Wildman–Crippen LogP) is 2.78. The Balaban J connectivity index is 1.64. The molecule has 1 fully saturated rings. The van der Waals surface area contributed by atoms with Crippen LogP contribution in [0.5, 0.6) is 11.5 Å². The van der Waals surface area contributed by atoms with Crippen molar-refractivity contribution in [3.8, 4) is 11.5 Å². The quantitative estimate of drug-likeness (QED) is 0.833. The topological polar surface area (TPSA) is 70.1 Å². The number of ether oxygens (including phenoxy) is 1. The molecule has 4 rings (SSSR count). The standard InChI is InChI=1S/C21H26N2O4S/c1-22(2)28(25,26)16-9-10-20(19(24)14-16)27-21-17-8-4-3-7-15(17)13-18(21)23-11-5-6-12-23/h3-4,7-10,14,18,21,24H,5-6,11-13H2,1-2H3. The lowest BCUT2D eigenvalue weighted by Crippen LogP contribution is -2.38. The molecule has 7 heteroatoms. The molecule has 150 valence electrons. The molecular formula is C21H26N2O4S. The normalized spacial score (nSPS) is 22.5. The second kappa shape index (κ2) is 7.39. The van der Waals surface area contributed by atoms with Crippen LogP contribution in [0.25, 0.3) is 0 Å². The van der Waals surface area contributed by atoms with E-state index in [1.807, 2.05) is 12.1 Å². The van der Waals surface area contributed by atoms with Crippen LogP contribution in [0.1, 0.15) is 30.1 Å². The number of likely N-dealkylation sites (tertiary alicyclic amines) is 1. The number of hydrogen-bond acceptors (Lipinski definition) is 5. The monoisotopic (exact) mass is 402 g/mol. The highest BCUT2D eigenvalue weighted by Crippen LogP contribution is 2.41. The van der Waals surface area contributed by atoms with Crippen LogP contribution in [0.15, 0.2) is 47.4 Å². The summed E-state index contributed by atoms with van der Waals surface area (Å²) in [5, 5.41) is 10.5. The molecule has 2 aliphatic rings. The third kappa shape index (κ3) is 3.38. The van der Waals surface area contributed by atoms with Crippen LogP contribution in [0.2, 0.25) is 0 Å². The van der Waals surface area contributed by atoms with Gasteiger partial charge in [-0.25, -0.2) is 12.7 Å². The Hall–Kier alpha value is -2.09. The maximum absolute atomic E-state index is 12.3. The molecule has 2 aromatic carbocycles. The SMILES string of the molecule is CN(C)S(=O)(=O)c1ccc(OC2c3ccccc3CC2N2CCCC2)c(O)c1. The third-order valence-corrected chi connectivity index (χ3v) is 7.52. The molecular weight excluding hydrogens is 376 g/mol. The highest BCUT2D eigenvalue weighted by atomic mass is 32.2. The zero-order valence-corrected chi connectivity index (χ0v) is 17.0. The van der Waals surface area contributed by atoms with E-state index >= 15 is 0 Å². The van der Waals surface area contributed by atoms with Crippen molar-refractivity contribution in [2.75, 3.05) is 27.2 Å². The number of rotatable bonds is 5. The van der Waals surface area contributed by atoms with Crippen LogP contribution in [-0.4, -0.2) is 56.0 Å². The summed E-state index contributed by atoms with van der Waals surface area (Å²) in [6.07, 6.45) is 3.13. The summed E-state index contributed by atoms with van der Waals surface area (Å²) >= 11 is 0. The van der Waals surface area contributed by atoms with Crippen molar-refractivity contribution in [2.24, 2.45) is 0 Å². The van der Waals surface area contributed by atoms with Crippen molar-refractivity contribution in [2.45, 2.75) is 36.3 Å². The molecule has 6 nitrogen and oxygen atoms in total. The first kappa shape index (κ1) is 19.2. The van der Waals surface area contributed by atoms with E-state index in [0.29, 0.717) is 5.75 Å². The van der Waals surface area contributed by atoms with E-state index in [4.69, 9.17) is 4.74 Å². The van der Waals surface area contributed by atoms with Crippen LogP contribution in [0.3, 0.4) is 0 Å². The Morgan fingerprint density at radius 3 is 2.50 bits per heavy atom. The average Bonchev–Trinajstić information content (AvgIpc) is 3.31.